The summed E-state index contributed by atoms with van der Waals surface area (Å²) in [6, 6.07) is 0. The Morgan fingerprint density at radius 2 is 1.38 bits per heavy atom. The second kappa shape index (κ2) is 3.89. The van der Waals surface area contributed by atoms with Gasteiger partial charge in [-0.15, -0.1) is 0 Å². The van der Waals surface area contributed by atoms with Gasteiger partial charge in [0, 0.05) is 0 Å². The predicted molar refractivity (Wildman–Crippen MR) is 48.5 cm³/mol. The SMILES string of the molecule is CC(C)C[C@H](C(C)(C)C)C(F)(F)F. The Morgan fingerprint density at radius 1 is 1.00 bits per heavy atom. The lowest BCUT2D eigenvalue weighted by atomic mass is 9.76. The molecule has 0 aromatic heterocycles. The third-order valence-electron chi connectivity index (χ3n) is 2.15. The number of rotatable bonds is 2. The van der Waals surface area contributed by atoms with Gasteiger partial charge >= 0.3 is 6.18 Å². The molecule has 0 aromatic carbocycles. The van der Waals surface area contributed by atoms with Gasteiger partial charge in [-0.1, -0.05) is 34.6 Å². The maximum absolute atomic E-state index is 12.6. The Hall–Kier alpha value is -0.210. The molecule has 1 atom stereocenters. The first-order valence-electron chi connectivity index (χ1n) is 4.62. The summed E-state index contributed by atoms with van der Waals surface area (Å²) in [5, 5.41) is 0. The Labute approximate surface area is 78.5 Å². The van der Waals surface area contributed by atoms with E-state index in [1.54, 1.807) is 20.8 Å². The number of halogens is 3. The molecular weight excluding hydrogens is 177 g/mol. The fraction of sp³-hybridized carbons (Fsp3) is 1.00. The monoisotopic (exact) mass is 196 g/mol. The summed E-state index contributed by atoms with van der Waals surface area (Å²) in [5.74, 6) is -1.11. The lowest BCUT2D eigenvalue weighted by molar-refractivity contribution is -0.204. The molecule has 0 fully saturated rings. The van der Waals surface area contributed by atoms with Crippen molar-refractivity contribution in [1.29, 1.82) is 0 Å². The summed E-state index contributed by atoms with van der Waals surface area (Å²) in [5.41, 5.74) is -0.692. The van der Waals surface area contributed by atoms with E-state index in [0.717, 1.165) is 0 Å². The molecule has 0 nitrogen and oxygen atoms in total. The lowest BCUT2D eigenvalue weighted by Crippen LogP contribution is -2.35. The second-order valence-electron chi connectivity index (χ2n) is 5.09. The Morgan fingerprint density at radius 3 is 1.46 bits per heavy atom. The summed E-state index contributed by atoms with van der Waals surface area (Å²) in [6.07, 6.45) is -3.85. The van der Waals surface area contributed by atoms with Crippen molar-refractivity contribution in [3.8, 4) is 0 Å². The normalized spacial score (nSPS) is 16.4. The zero-order valence-corrected chi connectivity index (χ0v) is 9.00. The van der Waals surface area contributed by atoms with Crippen LogP contribution in [0.15, 0.2) is 0 Å². The van der Waals surface area contributed by atoms with Crippen molar-refractivity contribution in [3.05, 3.63) is 0 Å². The standard InChI is InChI=1S/C10H19F3/c1-7(2)6-8(9(3,4)5)10(11,12)13/h7-8H,6H2,1-5H3/t8-/m1/s1. The van der Waals surface area contributed by atoms with Crippen molar-refractivity contribution in [2.24, 2.45) is 17.3 Å². The van der Waals surface area contributed by atoms with Gasteiger partial charge in [-0.2, -0.15) is 13.2 Å². The fourth-order valence-electron chi connectivity index (χ4n) is 1.45. The van der Waals surface area contributed by atoms with Crippen LogP contribution < -0.4 is 0 Å². The zero-order valence-electron chi connectivity index (χ0n) is 9.00. The van der Waals surface area contributed by atoms with Gasteiger partial charge in [-0.05, 0) is 17.8 Å². The van der Waals surface area contributed by atoms with E-state index in [-0.39, 0.29) is 12.3 Å². The average Bonchev–Trinajstić information content (AvgIpc) is 1.77. The van der Waals surface area contributed by atoms with E-state index < -0.39 is 17.5 Å². The molecule has 0 saturated heterocycles. The van der Waals surface area contributed by atoms with Crippen LogP contribution in [0.4, 0.5) is 13.2 Å². The molecule has 0 aliphatic carbocycles. The molecule has 0 heterocycles. The smallest absolute Gasteiger partial charge is 0.171 e. The van der Waals surface area contributed by atoms with Gasteiger partial charge in [0.05, 0.1) is 5.92 Å². The highest BCUT2D eigenvalue weighted by Gasteiger charge is 2.46. The quantitative estimate of drug-likeness (QED) is 0.619. The first-order chi connectivity index (χ1) is 5.55. The van der Waals surface area contributed by atoms with Crippen LogP contribution in [0.25, 0.3) is 0 Å². The summed E-state index contributed by atoms with van der Waals surface area (Å²) in [6.45, 7) is 8.59. The fourth-order valence-corrected chi connectivity index (χ4v) is 1.45. The van der Waals surface area contributed by atoms with E-state index in [0.29, 0.717) is 0 Å². The number of hydrogen-bond donors (Lipinski definition) is 0. The first kappa shape index (κ1) is 12.8. The van der Waals surface area contributed by atoms with E-state index >= 15 is 0 Å². The third-order valence-corrected chi connectivity index (χ3v) is 2.15. The maximum atomic E-state index is 12.6. The van der Waals surface area contributed by atoms with Crippen LogP contribution >= 0.6 is 0 Å². The second-order valence-corrected chi connectivity index (χ2v) is 5.09. The van der Waals surface area contributed by atoms with E-state index in [1.807, 2.05) is 13.8 Å². The van der Waals surface area contributed by atoms with Crippen LogP contribution in [0.1, 0.15) is 41.0 Å². The van der Waals surface area contributed by atoms with Gasteiger partial charge in [0.1, 0.15) is 0 Å². The van der Waals surface area contributed by atoms with Crippen LogP contribution in [0.2, 0.25) is 0 Å². The molecule has 0 bridgehead atoms. The minimum absolute atomic E-state index is 0.0887. The molecule has 0 spiro atoms. The zero-order chi connectivity index (χ0) is 10.9. The molecule has 0 N–H and O–H groups in total. The minimum Gasteiger partial charge on any atom is -0.171 e. The molecule has 80 valence electrons. The summed E-state index contributed by atoms with van der Waals surface area (Å²) < 4.78 is 37.7. The number of alkyl halides is 3. The highest BCUT2D eigenvalue weighted by Crippen LogP contribution is 2.43. The van der Waals surface area contributed by atoms with Gasteiger partial charge < -0.3 is 0 Å². The lowest BCUT2D eigenvalue weighted by Gasteiger charge is -2.33. The highest BCUT2D eigenvalue weighted by atomic mass is 19.4. The van der Waals surface area contributed by atoms with Crippen molar-refractivity contribution >= 4 is 0 Å². The predicted octanol–water partition coefficient (Wildman–Crippen LogP) is 4.26. The molecule has 0 unspecified atom stereocenters. The maximum Gasteiger partial charge on any atom is 0.392 e. The van der Waals surface area contributed by atoms with E-state index in [1.165, 1.54) is 0 Å². The van der Waals surface area contributed by atoms with Gasteiger partial charge in [0.2, 0.25) is 0 Å². The Kier molecular flexibility index (Phi) is 3.82. The van der Waals surface area contributed by atoms with E-state index in [9.17, 15) is 13.2 Å². The molecule has 0 amide bonds. The van der Waals surface area contributed by atoms with Gasteiger partial charge in [0.15, 0.2) is 0 Å². The van der Waals surface area contributed by atoms with Crippen molar-refractivity contribution < 1.29 is 13.2 Å². The molecular formula is C10H19F3. The Bertz CT molecular complexity index is 137. The van der Waals surface area contributed by atoms with Crippen LogP contribution in [0.5, 0.6) is 0 Å². The molecule has 0 rings (SSSR count). The summed E-state index contributed by atoms with van der Waals surface area (Å²) >= 11 is 0. The molecule has 0 saturated carbocycles. The van der Waals surface area contributed by atoms with Gasteiger partial charge in [-0.25, -0.2) is 0 Å². The number of hydrogen-bond acceptors (Lipinski definition) is 0. The Balaban J connectivity index is 4.58. The average molecular weight is 196 g/mol. The minimum atomic E-state index is -4.07. The molecule has 0 aromatic rings. The van der Waals surface area contributed by atoms with Crippen molar-refractivity contribution in [2.75, 3.05) is 0 Å². The summed E-state index contributed by atoms with van der Waals surface area (Å²) in [4.78, 5) is 0. The summed E-state index contributed by atoms with van der Waals surface area (Å²) in [7, 11) is 0. The third kappa shape index (κ3) is 4.53. The molecule has 3 heteroatoms. The van der Waals surface area contributed by atoms with Gasteiger partial charge in [-0.3, -0.25) is 0 Å². The van der Waals surface area contributed by atoms with Crippen LogP contribution in [0, 0.1) is 17.3 Å². The van der Waals surface area contributed by atoms with Gasteiger partial charge in [0.25, 0.3) is 0 Å². The van der Waals surface area contributed by atoms with Crippen LogP contribution in [0.3, 0.4) is 0 Å². The molecule has 13 heavy (non-hydrogen) atoms. The highest BCUT2D eigenvalue weighted by molar-refractivity contribution is 4.80. The molecule has 0 radical (unpaired) electrons. The van der Waals surface area contributed by atoms with Crippen LogP contribution in [-0.4, -0.2) is 6.18 Å². The topological polar surface area (TPSA) is 0 Å². The first-order valence-corrected chi connectivity index (χ1v) is 4.62. The van der Waals surface area contributed by atoms with Crippen LogP contribution in [-0.2, 0) is 0 Å². The van der Waals surface area contributed by atoms with Crippen molar-refractivity contribution in [2.45, 2.75) is 47.2 Å². The van der Waals surface area contributed by atoms with Crippen molar-refractivity contribution in [1.82, 2.24) is 0 Å². The largest absolute Gasteiger partial charge is 0.392 e. The van der Waals surface area contributed by atoms with E-state index in [2.05, 4.69) is 0 Å². The van der Waals surface area contributed by atoms with E-state index in [4.69, 9.17) is 0 Å². The van der Waals surface area contributed by atoms with Crippen molar-refractivity contribution in [3.63, 3.8) is 0 Å². The molecule has 0 aliphatic rings. The molecule has 0 aliphatic heterocycles.